The molecule has 0 aromatic rings. The summed E-state index contributed by atoms with van der Waals surface area (Å²) in [5.74, 6) is 0. The summed E-state index contributed by atoms with van der Waals surface area (Å²) in [6.45, 7) is 1.27. The monoisotopic (exact) mass is 199 g/mol. The van der Waals surface area contributed by atoms with Gasteiger partial charge in [0.15, 0.2) is 7.57 Å². The molecule has 1 rings (SSSR count). The molecule has 4 atom stereocenters. The average molecular weight is 199 g/mol. The molecule has 1 aliphatic rings. The molecule has 1 unspecified atom stereocenters. The van der Waals surface area contributed by atoms with E-state index in [-0.39, 0.29) is 12.6 Å². The molecule has 0 spiro atoms. The van der Waals surface area contributed by atoms with Crippen molar-refractivity contribution in [2.45, 2.75) is 24.6 Å². The Morgan fingerprint density at radius 3 is 2.85 bits per heavy atom. The van der Waals surface area contributed by atoms with E-state index in [4.69, 9.17) is 25.3 Å². The highest BCUT2D eigenvalue weighted by molar-refractivity contribution is 7.85. The van der Waals surface area contributed by atoms with Gasteiger partial charge in [0.1, 0.15) is 7.85 Å². The van der Waals surface area contributed by atoms with Crippen LogP contribution in [0.3, 0.4) is 0 Å². The molecular formula is C6H12B2NO3P. The highest BCUT2D eigenvalue weighted by atomic mass is 31.2. The zero-order valence-corrected chi connectivity index (χ0v) is 8.41. The molecule has 0 aromatic heterocycles. The van der Waals surface area contributed by atoms with Crippen LogP contribution in [0.15, 0.2) is 0 Å². The normalized spacial score (nSPS) is 38.8. The Hall–Kier alpha value is 0.240. The van der Waals surface area contributed by atoms with E-state index in [0.29, 0.717) is 6.42 Å². The molecule has 0 saturated carbocycles. The number of hydrogen-bond donors (Lipinski definition) is 2. The van der Waals surface area contributed by atoms with Crippen molar-refractivity contribution < 1.29 is 14.4 Å². The third kappa shape index (κ3) is 3.47. The van der Waals surface area contributed by atoms with Crippen molar-refractivity contribution in [3.63, 3.8) is 0 Å². The second kappa shape index (κ2) is 4.18. The molecule has 0 aliphatic carbocycles. The lowest BCUT2D eigenvalue weighted by Crippen LogP contribution is -2.36. The Labute approximate surface area is 80.6 Å². The topological polar surface area (TPSA) is 58.6 Å². The van der Waals surface area contributed by atoms with Crippen molar-refractivity contribution in [3.8, 4) is 0 Å². The fraction of sp³-hybridized carbons (Fsp3) is 1.00. The number of aliphatic hydroxyl groups excluding tert-OH is 1. The lowest BCUT2D eigenvalue weighted by Gasteiger charge is -2.20. The summed E-state index contributed by atoms with van der Waals surface area (Å²) in [5, 5.41) is 11.6. The summed E-state index contributed by atoms with van der Waals surface area (Å²) in [5.41, 5.74) is 0. The van der Waals surface area contributed by atoms with E-state index >= 15 is 0 Å². The molecule has 0 amide bonds. The number of hydrogen-bond acceptors (Lipinski definition) is 3. The third-order valence-corrected chi connectivity index (χ3v) is 2.73. The number of ether oxygens (including phenoxy) is 1. The van der Waals surface area contributed by atoms with Crippen LogP contribution in [0, 0.1) is 0 Å². The zero-order valence-electron chi connectivity index (χ0n) is 7.51. The maximum atomic E-state index is 11.2. The van der Waals surface area contributed by atoms with Crippen LogP contribution in [0.4, 0.5) is 0 Å². The number of aliphatic hydroxyl groups is 1. The van der Waals surface area contributed by atoms with Crippen molar-refractivity contribution in [1.29, 1.82) is 0 Å². The van der Waals surface area contributed by atoms with Crippen LogP contribution in [0.5, 0.6) is 0 Å². The summed E-state index contributed by atoms with van der Waals surface area (Å²) in [7, 11) is 8.06. The lowest BCUT2D eigenvalue weighted by atomic mass is 9.95. The predicted octanol–water partition coefficient (Wildman–Crippen LogP) is -0.788. The second-order valence-electron chi connectivity index (χ2n) is 3.36. The summed E-state index contributed by atoms with van der Waals surface area (Å²) < 4.78 is 16.4. The minimum atomic E-state index is -2.79. The first-order chi connectivity index (χ1) is 5.92. The minimum absolute atomic E-state index is 0.147. The Morgan fingerprint density at radius 2 is 2.38 bits per heavy atom. The van der Waals surface area contributed by atoms with Gasteiger partial charge in [0.05, 0.1) is 19.9 Å². The first-order valence-electron chi connectivity index (χ1n) is 4.08. The molecule has 70 valence electrons. The molecule has 0 aromatic carbocycles. The number of nitrogens with one attached hydrogen (secondary N) is 1. The molecule has 13 heavy (non-hydrogen) atoms. The van der Waals surface area contributed by atoms with Gasteiger partial charge >= 0.3 is 0 Å². The van der Waals surface area contributed by atoms with Crippen LogP contribution in [0.1, 0.15) is 6.42 Å². The molecule has 1 fully saturated rings. The van der Waals surface area contributed by atoms with E-state index < -0.39 is 19.3 Å². The predicted molar refractivity (Wildman–Crippen MR) is 52.3 cm³/mol. The van der Waals surface area contributed by atoms with Gasteiger partial charge in [-0.2, -0.15) is 0 Å². The van der Waals surface area contributed by atoms with E-state index in [1.807, 2.05) is 0 Å². The maximum Gasteiger partial charge on any atom is 0.184 e. The molecule has 0 bridgehead atoms. The summed E-state index contributed by atoms with van der Waals surface area (Å²) >= 11 is 0. The maximum absolute atomic E-state index is 11.2. The zero-order chi connectivity index (χ0) is 10.1. The Bertz CT molecular complexity index is 222. The van der Waals surface area contributed by atoms with Gasteiger partial charge < -0.3 is 14.4 Å². The molecular weight excluding hydrogens is 187 g/mol. The largest absolute Gasteiger partial charge is 0.394 e. The summed E-state index contributed by atoms with van der Waals surface area (Å²) in [4.78, 5) is 0. The Kier molecular flexibility index (Phi) is 3.64. The summed E-state index contributed by atoms with van der Waals surface area (Å²) in [6.07, 6.45) is 0.104. The second-order valence-corrected chi connectivity index (χ2v) is 5.60. The molecule has 4 nitrogen and oxygen atoms in total. The lowest BCUT2D eigenvalue weighted by molar-refractivity contribution is 0.0360. The van der Waals surface area contributed by atoms with Crippen molar-refractivity contribution in [2.24, 2.45) is 0 Å². The molecule has 1 heterocycles. The van der Waals surface area contributed by atoms with Crippen molar-refractivity contribution in [3.05, 3.63) is 0 Å². The van der Waals surface area contributed by atoms with E-state index in [1.165, 1.54) is 6.66 Å². The SMILES string of the molecule is [B][C@H]1C[C@@H](NP([B])(C)=O)[C@@H](CO)O1. The van der Waals surface area contributed by atoms with Crippen LogP contribution >= 0.6 is 7.17 Å². The van der Waals surface area contributed by atoms with Crippen LogP contribution in [-0.4, -0.2) is 51.9 Å². The van der Waals surface area contributed by atoms with Gasteiger partial charge in [0.2, 0.25) is 0 Å². The van der Waals surface area contributed by atoms with Crippen LogP contribution in [0.2, 0.25) is 0 Å². The molecule has 2 N–H and O–H groups in total. The van der Waals surface area contributed by atoms with Crippen molar-refractivity contribution >= 4 is 22.6 Å². The van der Waals surface area contributed by atoms with Gasteiger partial charge in [-0.05, 0) is 13.1 Å². The van der Waals surface area contributed by atoms with E-state index in [2.05, 4.69) is 5.09 Å². The van der Waals surface area contributed by atoms with Gasteiger partial charge in [-0.25, -0.2) is 0 Å². The summed E-state index contributed by atoms with van der Waals surface area (Å²) in [6, 6.07) is -0.637. The Balaban J connectivity index is 2.54. The van der Waals surface area contributed by atoms with Gasteiger partial charge in [0.25, 0.3) is 0 Å². The van der Waals surface area contributed by atoms with Crippen LogP contribution < -0.4 is 5.09 Å². The average Bonchev–Trinajstić information content (AvgIpc) is 2.27. The fourth-order valence-electron chi connectivity index (χ4n) is 1.41. The first kappa shape index (κ1) is 11.3. The molecule has 4 radical (unpaired) electrons. The smallest absolute Gasteiger partial charge is 0.184 e. The number of rotatable bonds is 3. The van der Waals surface area contributed by atoms with E-state index in [0.717, 1.165) is 0 Å². The van der Waals surface area contributed by atoms with Gasteiger partial charge in [-0.15, -0.1) is 0 Å². The van der Waals surface area contributed by atoms with E-state index in [9.17, 15) is 4.57 Å². The van der Waals surface area contributed by atoms with Gasteiger partial charge in [0, 0.05) is 12.0 Å². The first-order valence-corrected chi connectivity index (χ1v) is 6.30. The molecule has 7 heteroatoms. The highest BCUT2D eigenvalue weighted by Crippen LogP contribution is 2.33. The fourth-order valence-corrected chi connectivity index (χ4v) is 2.34. The van der Waals surface area contributed by atoms with Gasteiger partial charge in [-0.1, -0.05) is 0 Å². The van der Waals surface area contributed by atoms with Crippen LogP contribution in [-0.2, 0) is 9.30 Å². The van der Waals surface area contributed by atoms with Crippen LogP contribution in [0.25, 0.3) is 0 Å². The van der Waals surface area contributed by atoms with Gasteiger partial charge in [-0.3, -0.25) is 5.09 Å². The van der Waals surface area contributed by atoms with E-state index in [1.54, 1.807) is 0 Å². The molecule has 1 saturated heterocycles. The standard InChI is InChI=1S/C6H12B2NO3P/c1-13(8,11)9-4-2-6(7)12-5(4)3-10/h4-6,10H,2-3H2,1H3,(H,9,11)/t4-,5-,6-,13?/m1/s1. The Morgan fingerprint density at radius 1 is 1.77 bits per heavy atom. The van der Waals surface area contributed by atoms with Crippen molar-refractivity contribution in [1.82, 2.24) is 5.09 Å². The minimum Gasteiger partial charge on any atom is -0.394 e. The van der Waals surface area contributed by atoms with Crippen molar-refractivity contribution in [2.75, 3.05) is 13.3 Å². The highest BCUT2D eigenvalue weighted by Gasteiger charge is 2.33. The third-order valence-electron chi connectivity index (χ3n) is 1.89. The quantitative estimate of drug-likeness (QED) is 0.461. The molecule has 1 aliphatic heterocycles.